The molecule has 0 radical (unpaired) electrons. The zero-order valence-corrected chi connectivity index (χ0v) is 16.2. The predicted octanol–water partition coefficient (Wildman–Crippen LogP) is 2.46. The standard InChI is InChI=1S/C20H30O6/c1-14(2)11-16(17(22)26-19(3,4)5)20(24,13-21)18(23)25-12-15-9-7-6-8-10-15/h6-10,14,16,21,24H,11-13H2,1-5H3/t16-,20+/m0/s1. The largest absolute Gasteiger partial charge is 0.460 e. The van der Waals surface area contributed by atoms with E-state index in [2.05, 4.69) is 0 Å². The highest BCUT2D eigenvalue weighted by Crippen LogP contribution is 2.29. The molecule has 2 atom stereocenters. The van der Waals surface area contributed by atoms with E-state index in [1.54, 1.807) is 45.0 Å². The summed E-state index contributed by atoms with van der Waals surface area (Å²) in [5.74, 6) is -3.01. The number of esters is 2. The zero-order valence-electron chi connectivity index (χ0n) is 16.2. The van der Waals surface area contributed by atoms with Crippen LogP contribution in [0, 0.1) is 11.8 Å². The molecule has 0 aliphatic rings. The Hall–Kier alpha value is -1.92. The number of aliphatic hydroxyl groups is 2. The Morgan fingerprint density at radius 1 is 1.12 bits per heavy atom. The first-order valence-electron chi connectivity index (χ1n) is 8.77. The number of hydrogen-bond donors (Lipinski definition) is 2. The second-order valence-electron chi connectivity index (χ2n) is 7.86. The van der Waals surface area contributed by atoms with Gasteiger partial charge in [-0.25, -0.2) is 4.79 Å². The van der Waals surface area contributed by atoms with Gasteiger partial charge in [0.05, 0.1) is 12.5 Å². The molecule has 6 heteroatoms. The molecule has 0 amide bonds. The smallest absolute Gasteiger partial charge is 0.341 e. The van der Waals surface area contributed by atoms with Gasteiger partial charge in [0.25, 0.3) is 0 Å². The lowest BCUT2D eigenvalue weighted by atomic mass is 9.81. The van der Waals surface area contributed by atoms with Crippen molar-refractivity contribution < 1.29 is 29.3 Å². The fourth-order valence-corrected chi connectivity index (χ4v) is 2.50. The van der Waals surface area contributed by atoms with Crippen LogP contribution in [0.1, 0.15) is 46.6 Å². The third kappa shape index (κ3) is 6.42. The van der Waals surface area contributed by atoms with Crippen molar-refractivity contribution in [2.24, 2.45) is 11.8 Å². The number of ether oxygens (including phenoxy) is 2. The van der Waals surface area contributed by atoms with Crippen molar-refractivity contribution in [3.05, 3.63) is 35.9 Å². The first-order valence-corrected chi connectivity index (χ1v) is 8.77. The van der Waals surface area contributed by atoms with Crippen LogP contribution in [0.15, 0.2) is 30.3 Å². The number of rotatable bonds is 8. The third-order valence-corrected chi connectivity index (χ3v) is 3.78. The Morgan fingerprint density at radius 3 is 2.15 bits per heavy atom. The molecule has 0 aliphatic carbocycles. The van der Waals surface area contributed by atoms with Gasteiger partial charge in [-0.1, -0.05) is 44.2 Å². The molecule has 6 nitrogen and oxygen atoms in total. The molecule has 1 aromatic carbocycles. The van der Waals surface area contributed by atoms with Crippen LogP contribution in [-0.4, -0.2) is 40.0 Å². The highest BCUT2D eigenvalue weighted by Gasteiger charge is 2.50. The number of hydrogen-bond acceptors (Lipinski definition) is 6. The summed E-state index contributed by atoms with van der Waals surface area (Å²) in [5.41, 5.74) is -2.41. The SMILES string of the molecule is CC(C)C[C@@H](C(=O)OC(C)(C)C)[C@](O)(CO)C(=O)OCc1ccccc1. The molecule has 0 fully saturated rings. The van der Waals surface area contributed by atoms with Crippen LogP contribution < -0.4 is 0 Å². The van der Waals surface area contributed by atoms with Gasteiger partial charge in [0.1, 0.15) is 12.2 Å². The summed E-state index contributed by atoms with van der Waals surface area (Å²) in [6.45, 7) is 7.80. The first-order chi connectivity index (χ1) is 12.0. The third-order valence-electron chi connectivity index (χ3n) is 3.78. The van der Waals surface area contributed by atoms with E-state index in [4.69, 9.17) is 9.47 Å². The van der Waals surface area contributed by atoms with Gasteiger partial charge in [-0.05, 0) is 38.7 Å². The fourth-order valence-electron chi connectivity index (χ4n) is 2.50. The number of carbonyl (C=O) groups excluding carboxylic acids is 2. The predicted molar refractivity (Wildman–Crippen MR) is 97.1 cm³/mol. The van der Waals surface area contributed by atoms with E-state index >= 15 is 0 Å². The fraction of sp³-hybridized carbons (Fsp3) is 0.600. The van der Waals surface area contributed by atoms with Crippen molar-refractivity contribution in [2.75, 3.05) is 6.61 Å². The van der Waals surface area contributed by atoms with Crippen LogP contribution in [0.3, 0.4) is 0 Å². The molecule has 0 unspecified atom stereocenters. The Morgan fingerprint density at radius 2 is 1.69 bits per heavy atom. The molecule has 0 heterocycles. The molecule has 1 aromatic rings. The minimum Gasteiger partial charge on any atom is -0.460 e. The first kappa shape index (κ1) is 22.1. The maximum atomic E-state index is 12.6. The Kier molecular flexibility index (Phi) is 7.78. The van der Waals surface area contributed by atoms with E-state index in [1.807, 2.05) is 19.9 Å². The molecule has 26 heavy (non-hydrogen) atoms. The van der Waals surface area contributed by atoms with Crippen LogP contribution in [0.4, 0.5) is 0 Å². The van der Waals surface area contributed by atoms with Crippen molar-refractivity contribution in [3.63, 3.8) is 0 Å². The van der Waals surface area contributed by atoms with E-state index in [9.17, 15) is 19.8 Å². The normalized spacial score (nSPS) is 15.2. The summed E-state index contributed by atoms with van der Waals surface area (Å²) in [5, 5.41) is 20.5. The lowest BCUT2D eigenvalue weighted by Crippen LogP contribution is -2.54. The molecule has 0 bridgehead atoms. The zero-order chi connectivity index (χ0) is 20.0. The lowest BCUT2D eigenvalue weighted by Gasteiger charge is -2.34. The Labute approximate surface area is 155 Å². The highest BCUT2D eigenvalue weighted by atomic mass is 16.6. The van der Waals surface area contributed by atoms with Crippen molar-refractivity contribution in [3.8, 4) is 0 Å². The van der Waals surface area contributed by atoms with E-state index in [0.29, 0.717) is 0 Å². The minimum absolute atomic E-state index is 0.00693. The van der Waals surface area contributed by atoms with E-state index < -0.39 is 35.7 Å². The average molecular weight is 366 g/mol. The summed E-state index contributed by atoms with van der Waals surface area (Å²) >= 11 is 0. The van der Waals surface area contributed by atoms with Gasteiger partial charge >= 0.3 is 11.9 Å². The number of aliphatic hydroxyl groups excluding tert-OH is 1. The summed E-state index contributed by atoms with van der Waals surface area (Å²) in [4.78, 5) is 25.1. The molecule has 0 saturated carbocycles. The second kappa shape index (κ2) is 9.14. The second-order valence-corrected chi connectivity index (χ2v) is 7.86. The van der Waals surface area contributed by atoms with Crippen molar-refractivity contribution >= 4 is 11.9 Å². The summed E-state index contributed by atoms with van der Waals surface area (Å²) in [7, 11) is 0. The van der Waals surface area contributed by atoms with Gasteiger partial charge in [0.15, 0.2) is 5.60 Å². The van der Waals surface area contributed by atoms with E-state index in [1.165, 1.54) is 0 Å². The topological polar surface area (TPSA) is 93.1 Å². The van der Waals surface area contributed by atoms with E-state index in [-0.39, 0.29) is 18.9 Å². The van der Waals surface area contributed by atoms with Crippen molar-refractivity contribution in [2.45, 2.75) is 58.8 Å². The monoisotopic (exact) mass is 366 g/mol. The molecule has 0 saturated heterocycles. The Bertz CT molecular complexity index is 590. The van der Waals surface area contributed by atoms with Crippen LogP contribution >= 0.6 is 0 Å². The van der Waals surface area contributed by atoms with Gasteiger partial charge in [0.2, 0.25) is 0 Å². The van der Waals surface area contributed by atoms with Gasteiger partial charge < -0.3 is 19.7 Å². The van der Waals surface area contributed by atoms with Crippen LogP contribution in [-0.2, 0) is 25.7 Å². The number of benzene rings is 1. The molecule has 2 N–H and O–H groups in total. The highest BCUT2D eigenvalue weighted by molar-refractivity contribution is 5.87. The molecule has 0 aromatic heterocycles. The summed E-state index contributed by atoms with van der Waals surface area (Å²) in [6, 6.07) is 8.96. The molecule has 1 rings (SSSR count). The van der Waals surface area contributed by atoms with Crippen LogP contribution in [0.2, 0.25) is 0 Å². The van der Waals surface area contributed by atoms with Gasteiger partial charge in [-0.15, -0.1) is 0 Å². The molecule has 0 spiro atoms. The maximum Gasteiger partial charge on any atom is 0.341 e. The average Bonchev–Trinajstić information content (AvgIpc) is 2.56. The van der Waals surface area contributed by atoms with Gasteiger partial charge in [0, 0.05) is 0 Å². The van der Waals surface area contributed by atoms with E-state index in [0.717, 1.165) is 5.56 Å². The molecule has 146 valence electrons. The summed E-state index contributed by atoms with van der Waals surface area (Å²) in [6.07, 6.45) is 0.173. The molecular weight excluding hydrogens is 336 g/mol. The van der Waals surface area contributed by atoms with Crippen molar-refractivity contribution in [1.29, 1.82) is 0 Å². The summed E-state index contributed by atoms with van der Waals surface area (Å²) < 4.78 is 10.5. The van der Waals surface area contributed by atoms with Crippen molar-refractivity contribution in [1.82, 2.24) is 0 Å². The van der Waals surface area contributed by atoms with Gasteiger partial charge in [-0.3, -0.25) is 4.79 Å². The minimum atomic E-state index is -2.36. The lowest BCUT2D eigenvalue weighted by molar-refractivity contribution is -0.193. The van der Waals surface area contributed by atoms with Crippen LogP contribution in [0.25, 0.3) is 0 Å². The number of carbonyl (C=O) groups is 2. The maximum absolute atomic E-state index is 12.6. The van der Waals surface area contributed by atoms with Gasteiger partial charge in [-0.2, -0.15) is 0 Å². The quantitative estimate of drug-likeness (QED) is 0.687. The Balaban J connectivity index is 3.00. The van der Waals surface area contributed by atoms with Crippen LogP contribution in [0.5, 0.6) is 0 Å². The molecular formula is C20H30O6. The molecule has 0 aliphatic heterocycles.